The summed E-state index contributed by atoms with van der Waals surface area (Å²) in [6, 6.07) is 11.4. The monoisotopic (exact) mass is 670 g/mol. The molecule has 5 fully saturated rings. The second-order valence-electron chi connectivity index (χ2n) is 14.7. The lowest BCUT2D eigenvalue weighted by molar-refractivity contribution is 0.0221. The number of amides is 1. The topological polar surface area (TPSA) is 82.2 Å². The first kappa shape index (κ1) is 32.8. The summed E-state index contributed by atoms with van der Waals surface area (Å²) in [7, 11) is -1.79. The average molecular weight is 671 g/mol. The van der Waals surface area contributed by atoms with Crippen molar-refractivity contribution in [1.82, 2.24) is 15.1 Å². The SMILES string of the molecule is COC(=O)N[C@H]1CCC[C@@H]1C(CN1CCC1)(c1cc(F)cc(F)c1)C1CCN(CC2CN(c3ccc(S(=O)(=O)C4CC4)cc3)C2)CC1. The molecule has 2 aromatic rings. The van der Waals surface area contributed by atoms with Gasteiger partial charge >= 0.3 is 6.09 Å². The molecule has 3 heterocycles. The Kier molecular flexibility index (Phi) is 9.25. The van der Waals surface area contributed by atoms with Gasteiger partial charge < -0.3 is 24.8 Å². The molecule has 5 aliphatic rings. The maximum absolute atomic E-state index is 14.9. The van der Waals surface area contributed by atoms with Crippen molar-refractivity contribution in [2.75, 3.05) is 64.4 Å². The van der Waals surface area contributed by atoms with Gasteiger partial charge in [0.25, 0.3) is 0 Å². The molecule has 1 amide bonds. The summed E-state index contributed by atoms with van der Waals surface area (Å²) in [6.07, 6.45) is 6.76. The molecule has 1 unspecified atom stereocenters. The van der Waals surface area contributed by atoms with E-state index in [1.807, 2.05) is 12.1 Å². The summed E-state index contributed by atoms with van der Waals surface area (Å²) in [4.78, 5) is 20.1. The Labute approximate surface area is 277 Å². The Balaban J connectivity index is 1.04. The molecule has 1 N–H and O–H groups in total. The zero-order valence-electron chi connectivity index (χ0n) is 27.4. The van der Waals surface area contributed by atoms with Crippen molar-refractivity contribution in [2.24, 2.45) is 17.8 Å². The number of benzene rings is 2. The molecule has 3 aliphatic heterocycles. The van der Waals surface area contributed by atoms with Crippen molar-refractivity contribution in [3.05, 3.63) is 59.7 Å². The van der Waals surface area contributed by atoms with Crippen LogP contribution < -0.4 is 10.2 Å². The van der Waals surface area contributed by atoms with Gasteiger partial charge in [0.15, 0.2) is 9.84 Å². The number of hydrogen-bond acceptors (Lipinski definition) is 7. The first-order chi connectivity index (χ1) is 22.7. The second-order valence-corrected chi connectivity index (χ2v) is 16.9. The van der Waals surface area contributed by atoms with Crippen molar-refractivity contribution in [3.63, 3.8) is 0 Å². The first-order valence-corrected chi connectivity index (χ1v) is 19.0. The Morgan fingerprint density at radius 3 is 2.17 bits per heavy atom. The number of ether oxygens (including phenoxy) is 1. The normalized spacial score (nSPS) is 26.0. The molecular formula is C36H48F2N4O4S. The number of sulfone groups is 1. The van der Waals surface area contributed by atoms with E-state index in [0.29, 0.717) is 10.8 Å². The number of hydrogen-bond donors (Lipinski definition) is 1. The molecule has 7 rings (SSSR count). The van der Waals surface area contributed by atoms with E-state index < -0.39 is 33.0 Å². The van der Waals surface area contributed by atoms with Gasteiger partial charge in [0, 0.05) is 55.3 Å². The van der Waals surface area contributed by atoms with Crippen molar-refractivity contribution >= 4 is 21.6 Å². The molecule has 0 spiro atoms. The van der Waals surface area contributed by atoms with Gasteiger partial charge in [-0.25, -0.2) is 22.0 Å². The lowest BCUT2D eigenvalue weighted by Gasteiger charge is -2.54. The highest BCUT2D eigenvalue weighted by atomic mass is 32.2. The van der Waals surface area contributed by atoms with Crippen LogP contribution in [0.25, 0.3) is 0 Å². The molecule has 47 heavy (non-hydrogen) atoms. The van der Waals surface area contributed by atoms with Crippen LogP contribution in [0, 0.1) is 29.4 Å². The number of carbonyl (C=O) groups excluding carboxylic acids is 1. The molecule has 3 atom stereocenters. The van der Waals surface area contributed by atoms with Crippen molar-refractivity contribution in [3.8, 4) is 0 Å². The smallest absolute Gasteiger partial charge is 0.407 e. The third kappa shape index (κ3) is 6.64. The maximum atomic E-state index is 14.9. The molecule has 2 aliphatic carbocycles. The zero-order valence-corrected chi connectivity index (χ0v) is 28.2. The van der Waals surface area contributed by atoms with Gasteiger partial charge in [-0.15, -0.1) is 0 Å². The van der Waals surface area contributed by atoms with E-state index in [-0.39, 0.29) is 23.1 Å². The highest BCUT2D eigenvalue weighted by Gasteiger charge is 2.53. The van der Waals surface area contributed by atoms with E-state index in [1.54, 1.807) is 24.3 Å². The van der Waals surface area contributed by atoms with Gasteiger partial charge in [-0.3, -0.25) is 0 Å². The van der Waals surface area contributed by atoms with Gasteiger partial charge in [0.05, 0.1) is 17.3 Å². The minimum absolute atomic E-state index is 0.0470. The third-order valence-electron chi connectivity index (χ3n) is 11.8. The summed E-state index contributed by atoms with van der Waals surface area (Å²) in [5, 5.41) is 2.91. The number of alkyl carbamates (subject to hydrolysis) is 1. The lowest BCUT2D eigenvalue weighted by atomic mass is 9.57. The van der Waals surface area contributed by atoms with Crippen LogP contribution in [0.15, 0.2) is 47.4 Å². The van der Waals surface area contributed by atoms with Gasteiger partial charge in [-0.1, -0.05) is 6.42 Å². The van der Waals surface area contributed by atoms with E-state index in [0.717, 1.165) is 121 Å². The molecule has 11 heteroatoms. The van der Waals surface area contributed by atoms with E-state index in [2.05, 4.69) is 20.0 Å². The van der Waals surface area contributed by atoms with Gasteiger partial charge in [-0.2, -0.15) is 0 Å². The number of anilines is 1. The lowest BCUT2D eigenvalue weighted by Crippen LogP contribution is -2.60. The summed E-state index contributed by atoms with van der Waals surface area (Å²) in [5.41, 5.74) is 1.30. The van der Waals surface area contributed by atoms with Crippen LogP contribution in [0.4, 0.5) is 19.3 Å². The second kappa shape index (κ2) is 13.3. The number of nitrogens with one attached hydrogen (secondary N) is 1. The quantitative estimate of drug-likeness (QED) is 0.351. The maximum Gasteiger partial charge on any atom is 0.407 e. The van der Waals surface area contributed by atoms with E-state index in [4.69, 9.17) is 4.74 Å². The molecule has 8 nitrogen and oxygen atoms in total. The van der Waals surface area contributed by atoms with Crippen molar-refractivity contribution in [2.45, 2.75) is 73.0 Å². The molecule has 0 radical (unpaired) electrons. The average Bonchev–Trinajstić information content (AvgIpc) is 3.79. The van der Waals surface area contributed by atoms with E-state index in [1.165, 1.54) is 7.11 Å². The van der Waals surface area contributed by atoms with Crippen LogP contribution in [0.3, 0.4) is 0 Å². The van der Waals surface area contributed by atoms with Crippen LogP contribution in [-0.4, -0.2) is 95.1 Å². The summed E-state index contributed by atoms with van der Waals surface area (Å²) < 4.78 is 60.0. The van der Waals surface area contributed by atoms with Gasteiger partial charge in [0.1, 0.15) is 11.6 Å². The van der Waals surface area contributed by atoms with E-state index >= 15 is 0 Å². The summed E-state index contributed by atoms with van der Waals surface area (Å²) in [6.45, 7) is 7.45. The highest BCUT2D eigenvalue weighted by Crippen LogP contribution is 2.52. The number of halogens is 2. The number of piperidine rings is 1. The minimum atomic E-state index is -3.17. The Morgan fingerprint density at radius 1 is 0.894 bits per heavy atom. The van der Waals surface area contributed by atoms with Crippen LogP contribution in [0.2, 0.25) is 0 Å². The third-order valence-corrected chi connectivity index (χ3v) is 14.1. The van der Waals surface area contributed by atoms with Crippen molar-refractivity contribution < 1.29 is 26.7 Å². The Bertz CT molecular complexity index is 1520. The summed E-state index contributed by atoms with van der Waals surface area (Å²) >= 11 is 0. The first-order valence-electron chi connectivity index (χ1n) is 17.5. The Hall–Kier alpha value is -2.76. The molecule has 3 saturated heterocycles. The minimum Gasteiger partial charge on any atom is -0.453 e. The van der Waals surface area contributed by atoms with Crippen molar-refractivity contribution in [1.29, 1.82) is 0 Å². The number of rotatable bonds is 11. The molecule has 2 aromatic carbocycles. The van der Waals surface area contributed by atoms with Gasteiger partial charge in [-0.05, 0) is 125 Å². The molecule has 0 bridgehead atoms. The van der Waals surface area contributed by atoms with Crippen LogP contribution in [0.1, 0.15) is 56.9 Å². The van der Waals surface area contributed by atoms with E-state index in [9.17, 15) is 22.0 Å². The number of carbonyl (C=O) groups is 1. The van der Waals surface area contributed by atoms with Crippen LogP contribution in [0.5, 0.6) is 0 Å². The number of methoxy groups -OCH3 is 1. The predicted octanol–water partition coefficient (Wildman–Crippen LogP) is 5.22. The van der Waals surface area contributed by atoms with Crippen LogP contribution >= 0.6 is 0 Å². The fourth-order valence-corrected chi connectivity index (χ4v) is 10.7. The molecule has 0 aromatic heterocycles. The Morgan fingerprint density at radius 2 is 1.57 bits per heavy atom. The standard InChI is InChI=1S/C36H48F2N4O4S/c1-46-35(43)39-34-5-2-4-33(34)36(24-41-14-3-15-41,27-18-28(37)20-29(38)19-27)26-12-16-40(17-13-26)21-25-22-42(23-25)30-6-8-31(9-7-30)47(44,45)32-10-11-32/h6-9,18-20,25-26,32-34H,2-5,10-17,21-24H2,1H3,(H,39,43)/t33-,34-,36?/m0/s1. The van der Waals surface area contributed by atoms with Gasteiger partial charge in [0.2, 0.25) is 0 Å². The zero-order chi connectivity index (χ0) is 32.8. The number of nitrogens with zero attached hydrogens (tertiary/aromatic N) is 3. The molecular weight excluding hydrogens is 622 g/mol. The molecule has 2 saturated carbocycles. The van der Waals surface area contributed by atoms with Crippen LogP contribution in [-0.2, 0) is 20.0 Å². The summed E-state index contributed by atoms with van der Waals surface area (Å²) in [5.74, 6) is -0.294. The molecule has 256 valence electrons. The highest BCUT2D eigenvalue weighted by molar-refractivity contribution is 7.92. The fraction of sp³-hybridized carbons (Fsp3) is 0.639. The predicted molar refractivity (Wildman–Crippen MR) is 177 cm³/mol. The number of likely N-dealkylation sites (tertiary alicyclic amines) is 2. The largest absolute Gasteiger partial charge is 0.453 e. The fourth-order valence-electron chi connectivity index (χ4n) is 9.09.